The van der Waals surface area contributed by atoms with Crippen molar-refractivity contribution in [3.8, 4) is 0 Å². The van der Waals surface area contributed by atoms with E-state index >= 15 is 0 Å². The number of carbonyl (C=O) groups is 2. The Bertz CT molecular complexity index is 1310. The average Bonchev–Trinajstić information content (AvgIpc) is 3.22. The molecular weight excluding hydrogens is 452 g/mol. The number of anilines is 2. The Kier molecular flexibility index (Phi) is 6.47. The van der Waals surface area contributed by atoms with Crippen LogP contribution in [0.2, 0.25) is 0 Å². The van der Waals surface area contributed by atoms with Crippen molar-refractivity contribution in [1.82, 2.24) is 10.5 Å². The molecule has 1 aliphatic heterocycles. The molecule has 2 N–H and O–H groups in total. The number of thiocarbonyl (C=S) groups is 1. The molecule has 3 aromatic rings. The number of benzene rings is 2. The first kappa shape index (κ1) is 23.2. The van der Waals surface area contributed by atoms with Crippen LogP contribution >= 0.6 is 12.2 Å². The fraction of sp³-hybridized carbons (Fsp3) is 0.200. The van der Waals surface area contributed by atoms with Crippen LogP contribution in [0.5, 0.6) is 0 Å². The number of nitrogens with zero attached hydrogens (tertiary/aromatic N) is 2. The van der Waals surface area contributed by atoms with Crippen molar-refractivity contribution in [1.29, 1.82) is 0 Å². The summed E-state index contributed by atoms with van der Waals surface area (Å²) >= 11 is 5.72. The smallest absolute Gasteiger partial charge is 0.338 e. The maximum Gasteiger partial charge on any atom is 0.338 e. The molecule has 0 fully saturated rings. The number of allylic oxidation sites excluding steroid dienone is 1. The van der Waals surface area contributed by atoms with Gasteiger partial charge in [0.1, 0.15) is 5.76 Å². The summed E-state index contributed by atoms with van der Waals surface area (Å²) in [7, 11) is 1.32. The van der Waals surface area contributed by atoms with Crippen LogP contribution < -0.4 is 15.5 Å². The maximum atomic E-state index is 13.6. The average molecular weight is 477 g/mol. The molecule has 0 saturated heterocycles. The summed E-state index contributed by atoms with van der Waals surface area (Å²) in [5.41, 5.74) is 3.78. The number of hydrogen-bond donors (Lipinski definition) is 2. The molecule has 0 aliphatic carbocycles. The number of aromatic nitrogens is 1. The van der Waals surface area contributed by atoms with Crippen LogP contribution in [0.4, 0.5) is 11.5 Å². The highest BCUT2D eigenvalue weighted by Gasteiger charge is 2.36. The molecule has 9 heteroatoms. The number of esters is 1. The molecular formula is C25H24N4O4S. The van der Waals surface area contributed by atoms with E-state index in [4.69, 9.17) is 21.5 Å². The zero-order valence-corrected chi connectivity index (χ0v) is 20.0. The number of aryl methyl sites for hydroxylation is 2. The first-order chi connectivity index (χ1) is 16.3. The normalized spacial score (nSPS) is 15.7. The van der Waals surface area contributed by atoms with Gasteiger partial charge in [-0.25, -0.2) is 4.79 Å². The lowest BCUT2D eigenvalue weighted by molar-refractivity contribution is -0.113. The van der Waals surface area contributed by atoms with E-state index in [9.17, 15) is 9.59 Å². The van der Waals surface area contributed by atoms with Crippen molar-refractivity contribution >= 4 is 40.7 Å². The summed E-state index contributed by atoms with van der Waals surface area (Å²) < 4.78 is 10.1. The van der Waals surface area contributed by atoms with Gasteiger partial charge in [0.15, 0.2) is 10.9 Å². The minimum atomic E-state index is -0.697. The second-order valence-corrected chi connectivity index (χ2v) is 8.30. The van der Waals surface area contributed by atoms with E-state index in [2.05, 4.69) is 15.8 Å². The molecule has 1 aromatic heterocycles. The van der Waals surface area contributed by atoms with Crippen molar-refractivity contribution in [3.05, 3.63) is 88.3 Å². The Morgan fingerprint density at radius 3 is 2.56 bits per heavy atom. The predicted octanol–water partition coefficient (Wildman–Crippen LogP) is 4.43. The minimum absolute atomic E-state index is 0.290. The van der Waals surface area contributed by atoms with Crippen LogP contribution in [-0.2, 0) is 9.53 Å². The fourth-order valence-corrected chi connectivity index (χ4v) is 4.36. The highest BCUT2D eigenvalue weighted by molar-refractivity contribution is 7.80. The van der Waals surface area contributed by atoms with E-state index in [1.165, 1.54) is 7.11 Å². The van der Waals surface area contributed by atoms with Crippen LogP contribution in [0.1, 0.15) is 40.2 Å². The van der Waals surface area contributed by atoms with Gasteiger partial charge in [-0.1, -0.05) is 35.5 Å². The Hall–Kier alpha value is -3.98. The van der Waals surface area contributed by atoms with E-state index in [-0.39, 0.29) is 5.82 Å². The Labute approximate surface area is 202 Å². The third kappa shape index (κ3) is 4.42. The van der Waals surface area contributed by atoms with Crippen molar-refractivity contribution in [3.63, 3.8) is 0 Å². The molecule has 34 heavy (non-hydrogen) atoms. The van der Waals surface area contributed by atoms with Gasteiger partial charge >= 0.3 is 5.97 Å². The molecule has 8 nitrogen and oxygen atoms in total. The lowest BCUT2D eigenvalue weighted by Gasteiger charge is -2.38. The molecule has 0 radical (unpaired) electrons. The summed E-state index contributed by atoms with van der Waals surface area (Å²) in [6.45, 7) is 5.55. The number of ether oxygens (including phenoxy) is 1. The van der Waals surface area contributed by atoms with Gasteiger partial charge in [-0.2, -0.15) is 0 Å². The Morgan fingerprint density at radius 2 is 1.88 bits per heavy atom. The zero-order valence-electron chi connectivity index (χ0n) is 19.2. The summed E-state index contributed by atoms with van der Waals surface area (Å²) in [6.07, 6.45) is 0. The van der Waals surface area contributed by atoms with E-state index in [0.29, 0.717) is 33.3 Å². The van der Waals surface area contributed by atoms with Crippen LogP contribution in [0.15, 0.2) is 70.4 Å². The van der Waals surface area contributed by atoms with E-state index < -0.39 is 17.9 Å². The van der Waals surface area contributed by atoms with Crippen molar-refractivity contribution in [2.75, 3.05) is 17.3 Å². The highest BCUT2D eigenvalue weighted by atomic mass is 32.1. The monoisotopic (exact) mass is 476 g/mol. The van der Waals surface area contributed by atoms with Gasteiger partial charge in [0.25, 0.3) is 5.91 Å². The number of methoxy groups -OCH3 is 1. The fourth-order valence-electron chi connectivity index (χ4n) is 4.00. The summed E-state index contributed by atoms with van der Waals surface area (Å²) in [6, 6.07) is 15.7. The lowest BCUT2D eigenvalue weighted by Crippen LogP contribution is -2.49. The number of amides is 1. The molecule has 1 aliphatic rings. The predicted molar refractivity (Wildman–Crippen MR) is 132 cm³/mol. The minimum Gasteiger partial charge on any atom is -0.465 e. The third-order valence-corrected chi connectivity index (χ3v) is 5.84. The van der Waals surface area contributed by atoms with Crippen LogP contribution in [-0.4, -0.2) is 29.3 Å². The van der Waals surface area contributed by atoms with Gasteiger partial charge in [-0.05, 0) is 62.3 Å². The van der Waals surface area contributed by atoms with E-state index in [1.807, 2.05) is 43.0 Å². The molecule has 174 valence electrons. The van der Waals surface area contributed by atoms with Gasteiger partial charge in [-0.3, -0.25) is 9.69 Å². The van der Waals surface area contributed by atoms with Gasteiger partial charge in [0, 0.05) is 17.5 Å². The highest BCUT2D eigenvalue weighted by Crippen LogP contribution is 2.36. The number of rotatable bonds is 5. The Balaban J connectivity index is 1.87. The van der Waals surface area contributed by atoms with E-state index in [0.717, 1.165) is 11.3 Å². The topological polar surface area (TPSA) is 96.7 Å². The lowest BCUT2D eigenvalue weighted by atomic mass is 9.90. The van der Waals surface area contributed by atoms with E-state index in [1.54, 1.807) is 37.3 Å². The molecule has 1 amide bonds. The summed E-state index contributed by atoms with van der Waals surface area (Å²) in [5.74, 6) is -0.0481. The van der Waals surface area contributed by atoms with Gasteiger partial charge in [0.2, 0.25) is 0 Å². The summed E-state index contributed by atoms with van der Waals surface area (Å²) in [5, 5.41) is 10.3. The largest absolute Gasteiger partial charge is 0.465 e. The molecule has 0 saturated carbocycles. The maximum absolute atomic E-state index is 13.6. The van der Waals surface area contributed by atoms with Crippen molar-refractivity contribution < 1.29 is 18.8 Å². The van der Waals surface area contributed by atoms with Crippen LogP contribution in [0, 0.1) is 13.8 Å². The first-order valence-electron chi connectivity index (χ1n) is 10.6. The molecule has 2 heterocycles. The SMILES string of the molecule is COC(=O)c1ccccc1C1NC(=S)N(c2cccc(C)c2)C(C)=C1C(=O)Nc1cc(C)on1. The quantitative estimate of drug-likeness (QED) is 0.413. The molecule has 1 unspecified atom stereocenters. The molecule has 1 atom stereocenters. The second-order valence-electron chi connectivity index (χ2n) is 7.91. The summed E-state index contributed by atoms with van der Waals surface area (Å²) in [4.78, 5) is 27.9. The molecule has 2 aromatic carbocycles. The third-order valence-electron chi connectivity index (χ3n) is 5.54. The molecule has 4 rings (SSSR count). The van der Waals surface area contributed by atoms with Crippen molar-refractivity contribution in [2.24, 2.45) is 0 Å². The first-order valence-corrected chi connectivity index (χ1v) is 11.0. The second kappa shape index (κ2) is 9.48. The van der Waals surface area contributed by atoms with Gasteiger partial charge in [0.05, 0.1) is 24.3 Å². The number of hydrogen-bond acceptors (Lipinski definition) is 6. The number of carbonyl (C=O) groups excluding carboxylic acids is 2. The van der Waals surface area contributed by atoms with Crippen molar-refractivity contribution in [2.45, 2.75) is 26.8 Å². The number of nitrogens with one attached hydrogen (secondary N) is 2. The molecule has 0 spiro atoms. The standard InChI is InChI=1S/C25H24N4O4S/c1-14-8-7-9-17(12-14)29-16(3)21(23(30)26-20-13-15(2)33-28-20)22(27-25(29)34)18-10-5-6-11-19(18)24(31)32-4/h5-13,22H,1-4H3,(H,27,34)(H,26,28,30). The Morgan fingerprint density at radius 1 is 1.12 bits per heavy atom. The van der Waals surface area contributed by atoms with Crippen LogP contribution in [0.3, 0.4) is 0 Å². The van der Waals surface area contributed by atoms with Crippen LogP contribution in [0.25, 0.3) is 0 Å². The van der Waals surface area contributed by atoms with Gasteiger partial charge in [-0.15, -0.1) is 0 Å². The van der Waals surface area contributed by atoms with Gasteiger partial charge < -0.3 is 19.9 Å². The zero-order chi connectivity index (χ0) is 24.4. The molecule has 0 bridgehead atoms.